The smallest absolute Gasteiger partial charge is 0.0460 e. The molecule has 1 fully saturated rings. The summed E-state index contributed by atoms with van der Waals surface area (Å²) in [6.45, 7) is 5.55. The first-order chi connectivity index (χ1) is 10.2. The molecule has 2 aromatic rings. The van der Waals surface area contributed by atoms with E-state index in [1.807, 2.05) is 6.07 Å². The topological polar surface area (TPSA) is 22.3 Å². The SMILES string of the molecule is CN1CCN(Cc2c(CSBr)[nH]c3ccc(Cl)cc23)CC1. The zero-order valence-electron chi connectivity index (χ0n) is 12.0. The van der Waals surface area contributed by atoms with Crippen LogP contribution < -0.4 is 0 Å². The molecule has 0 amide bonds. The highest BCUT2D eigenvalue weighted by Gasteiger charge is 2.18. The summed E-state index contributed by atoms with van der Waals surface area (Å²) in [5.41, 5.74) is 3.87. The van der Waals surface area contributed by atoms with Gasteiger partial charge in [0.2, 0.25) is 0 Å². The first kappa shape index (κ1) is 15.7. The zero-order valence-corrected chi connectivity index (χ0v) is 15.2. The summed E-state index contributed by atoms with van der Waals surface area (Å²) < 4.78 is 0. The number of hydrogen-bond acceptors (Lipinski definition) is 3. The maximum absolute atomic E-state index is 6.19. The number of aromatic nitrogens is 1. The van der Waals surface area contributed by atoms with E-state index < -0.39 is 0 Å². The van der Waals surface area contributed by atoms with E-state index in [9.17, 15) is 0 Å². The molecule has 21 heavy (non-hydrogen) atoms. The summed E-state index contributed by atoms with van der Waals surface area (Å²) in [6.07, 6.45) is 0. The Hall–Kier alpha value is -0.200. The third-order valence-electron chi connectivity index (χ3n) is 4.13. The second kappa shape index (κ2) is 6.92. The van der Waals surface area contributed by atoms with E-state index >= 15 is 0 Å². The van der Waals surface area contributed by atoms with Gasteiger partial charge in [0.25, 0.3) is 0 Å². The first-order valence-electron chi connectivity index (χ1n) is 7.11. The highest BCUT2D eigenvalue weighted by atomic mass is 79.9. The summed E-state index contributed by atoms with van der Waals surface area (Å²) in [5.74, 6) is 0.940. The Balaban J connectivity index is 1.91. The summed E-state index contributed by atoms with van der Waals surface area (Å²) in [5, 5.41) is 2.07. The minimum atomic E-state index is 0.805. The summed E-state index contributed by atoms with van der Waals surface area (Å²) in [7, 11) is 3.86. The van der Waals surface area contributed by atoms with Crippen molar-refractivity contribution in [2.24, 2.45) is 0 Å². The summed E-state index contributed by atoms with van der Waals surface area (Å²) >= 11 is 9.67. The Morgan fingerprint density at radius 3 is 2.76 bits per heavy atom. The zero-order chi connectivity index (χ0) is 14.8. The van der Waals surface area contributed by atoms with Gasteiger partial charge >= 0.3 is 0 Å². The predicted molar refractivity (Wildman–Crippen MR) is 96.3 cm³/mol. The standard InChI is InChI=1S/C15H19BrClN3S/c1-19-4-6-20(7-5-19)9-13-12-8-11(17)2-3-14(12)18-15(13)10-21-16/h2-3,8,18H,4-7,9-10H2,1H3. The van der Waals surface area contributed by atoms with E-state index in [-0.39, 0.29) is 0 Å². The van der Waals surface area contributed by atoms with Crippen LogP contribution in [0.2, 0.25) is 5.02 Å². The number of H-pyrrole nitrogens is 1. The van der Waals surface area contributed by atoms with Crippen molar-refractivity contribution in [3.8, 4) is 0 Å². The van der Waals surface area contributed by atoms with Crippen LogP contribution in [0.25, 0.3) is 10.9 Å². The van der Waals surface area contributed by atoms with Crippen LogP contribution in [0, 0.1) is 0 Å². The molecule has 1 N–H and O–H groups in total. The second-order valence-corrected chi connectivity index (χ2v) is 7.92. The molecular weight excluding hydrogens is 370 g/mol. The van der Waals surface area contributed by atoms with Crippen LogP contribution in [0.1, 0.15) is 11.3 Å². The highest BCUT2D eigenvalue weighted by molar-refractivity contribution is 9.50. The van der Waals surface area contributed by atoms with Crippen LogP contribution in [-0.2, 0) is 12.3 Å². The molecule has 0 saturated carbocycles. The minimum absolute atomic E-state index is 0.805. The number of rotatable bonds is 4. The van der Waals surface area contributed by atoms with Gasteiger partial charge in [0, 0.05) is 60.1 Å². The van der Waals surface area contributed by atoms with Gasteiger partial charge in [0.15, 0.2) is 0 Å². The monoisotopic (exact) mass is 387 g/mol. The number of halogens is 2. The average Bonchev–Trinajstić information content (AvgIpc) is 2.79. The van der Waals surface area contributed by atoms with Gasteiger partial charge in [-0.3, -0.25) is 4.90 Å². The Labute approximate surface area is 142 Å². The lowest BCUT2D eigenvalue weighted by molar-refractivity contribution is 0.148. The Morgan fingerprint density at radius 2 is 2.05 bits per heavy atom. The van der Waals surface area contributed by atoms with Crippen molar-refractivity contribution in [2.75, 3.05) is 33.2 Å². The third-order valence-corrected chi connectivity index (χ3v) is 5.45. The van der Waals surface area contributed by atoms with Crippen molar-refractivity contribution >= 4 is 47.5 Å². The van der Waals surface area contributed by atoms with E-state index in [1.165, 1.54) is 22.2 Å². The Morgan fingerprint density at radius 1 is 1.29 bits per heavy atom. The lowest BCUT2D eigenvalue weighted by atomic mass is 10.1. The normalized spacial score (nSPS) is 17.7. The molecule has 1 aliphatic heterocycles. The molecule has 0 aliphatic carbocycles. The molecule has 114 valence electrons. The van der Waals surface area contributed by atoms with Crippen LogP contribution >= 0.6 is 36.6 Å². The molecule has 3 rings (SSSR count). The molecule has 2 heterocycles. The van der Waals surface area contributed by atoms with E-state index in [0.717, 1.165) is 43.5 Å². The molecule has 6 heteroatoms. The molecule has 0 unspecified atom stereocenters. The lowest BCUT2D eigenvalue weighted by Gasteiger charge is -2.32. The fourth-order valence-electron chi connectivity index (χ4n) is 2.86. The first-order valence-corrected chi connectivity index (χ1v) is 10.3. The van der Waals surface area contributed by atoms with Crippen LogP contribution in [0.15, 0.2) is 18.2 Å². The fourth-order valence-corrected chi connectivity index (χ4v) is 4.08. The minimum Gasteiger partial charge on any atom is -0.357 e. The van der Waals surface area contributed by atoms with Gasteiger partial charge in [-0.1, -0.05) is 21.8 Å². The largest absolute Gasteiger partial charge is 0.357 e. The molecule has 1 aromatic heterocycles. The van der Waals surface area contributed by atoms with Crippen LogP contribution in [0.5, 0.6) is 0 Å². The molecule has 0 radical (unpaired) electrons. The van der Waals surface area contributed by atoms with Gasteiger partial charge in [-0.15, -0.1) is 0 Å². The van der Waals surface area contributed by atoms with Gasteiger partial charge < -0.3 is 9.88 Å². The van der Waals surface area contributed by atoms with Crippen LogP contribution in [-0.4, -0.2) is 48.0 Å². The molecule has 3 nitrogen and oxygen atoms in total. The number of benzene rings is 1. The lowest BCUT2D eigenvalue weighted by Crippen LogP contribution is -2.43. The van der Waals surface area contributed by atoms with Gasteiger partial charge in [0.1, 0.15) is 0 Å². The maximum atomic E-state index is 6.19. The van der Waals surface area contributed by atoms with E-state index in [0.29, 0.717) is 0 Å². The fraction of sp³-hybridized carbons (Fsp3) is 0.467. The van der Waals surface area contributed by atoms with Gasteiger partial charge in [0.05, 0.1) is 0 Å². The van der Waals surface area contributed by atoms with Gasteiger partial charge in [-0.05, 0) is 45.6 Å². The average molecular weight is 389 g/mol. The van der Waals surface area contributed by atoms with Crippen molar-refractivity contribution in [2.45, 2.75) is 12.3 Å². The molecular formula is C15H19BrClN3S. The number of hydrogen-bond donors (Lipinski definition) is 1. The second-order valence-electron chi connectivity index (χ2n) is 5.60. The molecule has 1 aliphatic rings. The molecule has 0 atom stereocenters. The number of aromatic amines is 1. The molecule has 0 spiro atoms. The summed E-state index contributed by atoms with van der Waals surface area (Å²) in [4.78, 5) is 8.46. The van der Waals surface area contributed by atoms with E-state index in [2.05, 4.69) is 48.8 Å². The van der Waals surface area contributed by atoms with E-state index in [1.54, 1.807) is 10.2 Å². The third kappa shape index (κ3) is 3.59. The molecule has 1 saturated heterocycles. The number of piperazine rings is 1. The van der Waals surface area contributed by atoms with Crippen molar-refractivity contribution in [3.05, 3.63) is 34.5 Å². The maximum Gasteiger partial charge on any atom is 0.0460 e. The molecule has 1 aromatic carbocycles. The van der Waals surface area contributed by atoms with Gasteiger partial charge in [-0.25, -0.2) is 0 Å². The van der Waals surface area contributed by atoms with Crippen molar-refractivity contribution < 1.29 is 0 Å². The molecule has 0 bridgehead atoms. The predicted octanol–water partition coefficient (Wildman–Crippen LogP) is 4.11. The van der Waals surface area contributed by atoms with E-state index in [4.69, 9.17) is 11.6 Å². The Kier molecular flexibility index (Phi) is 5.17. The highest BCUT2D eigenvalue weighted by Crippen LogP contribution is 2.30. The number of nitrogens with zero attached hydrogens (tertiary/aromatic N) is 2. The number of fused-ring (bicyclic) bond motifs is 1. The number of nitrogens with one attached hydrogen (secondary N) is 1. The summed E-state index contributed by atoms with van der Waals surface area (Å²) in [6, 6.07) is 6.11. The van der Waals surface area contributed by atoms with Crippen molar-refractivity contribution in [1.82, 2.24) is 14.8 Å². The van der Waals surface area contributed by atoms with Crippen LogP contribution in [0.4, 0.5) is 0 Å². The quantitative estimate of drug-likeness (QED) is 0.852. The van der Waals surface area contributed by atoms with Gasteiger partial charge in [-0.2, -0.15) is 0 Å². The number of likely N-dealkylation sites (N-methyl/N-ethyl adjacent to an activating group) is 1. The van der Waals surface area contributed by atoms with Crippen molar-refractivity contribution in [1.29, 1.82) is 0 Å². The Bertz CT molecular complexity index is 623. The van der Waals surface area contributed by atoms with Crippen LogP contribution in [0.3, 0.4) is 0 Å². The van der Waals surface area contributed by atoms with Crippen molar-refractivity contribution in [3.63, 3.8) is 0 Å².